The molecule has 0 N–H and O–H groups in total. The first kappa shape index (κ1) is 16.8. The highest BCUT2D eigenvalue weighted by Gasteiger charge is 2.15. The number of benzene rings is 2. The van der Waals surface area contributed by atoms with Crippen molar-refractivity contribution in [1.82, 2.24) is 0 Å². The van der Waals surface area contributed by atoms with Crippen LogP contribution < -0.4 is 4.74 Å². The van der Waals surface area contributed by atoms with Gasteiger partial charge in [-0.1, -0.05) is 35.9 Å². The van der Waals surface area contributed by atoms with E-state index in [1.165, 1.54) is 0 Å². The molecule has 0 aliphatic heterocycles. The highest BCUT2D eigenvalue weighted by Crippen LogP contribution is 2.35. The van der Waals surface area contributed by atoms with Gasteiger partial charge in [0.2, 0.25) is 0 Å². The Hall–Kier alpha value is -1.52. The average molecular weight is 384 g/mol. The van der Waals surface area contributed by atoms with Crippen LogP contribution in [-0.2, 0) is 11.3 Å². The summed E-state index contributed by atoms with van der Waals surface area (Å²) in [4.78, 5) is 11.7. The zero-order chi connectivity index (χ0) is 16.1. The maximum Gasteiger partial charge on any atom is 0.338 e. The minimum atomic E-state index is -0.407. The smallest absolute Gasteiger partial charge is 0.338 e. The Morgan fingerprint density at radius 1 is 1.27 bits per heavy atom. The molecule has 2 rings (SSSR count). The predicted octanol–water partition coefficient (Wildman–Crippen LogP) is 5.17. The van der Waals surface area contributed by atoms with E-state index in [0.29, 0.717) is 34.0 Å². The Morgan fingerprint density at radius 2 is 2.00 bits per heavy atom. The number of carbonyl (C=O) groups is 1. The molecule has 0 fully saturated rings. The molecule has 116 valence electrons. The summed E-state index contributed by atoms with van der Waals surface area (Å²) in [5.41, 5.74) is 2.62. The number of aryl methyl sites for hydroxylation is 1. The Kier molecular flexibility index (Phi) is 5.86. The lowest BCUT2D eigenvalue weighted by Crippen LogP contribution is -2.05. The summed E-state index contributed by atoms with van der Waals surface area (Å²) in [5, 5.41) is 0.367. The first-order valence-electron chi connectivity index (χ1n) is 6.86. The fourth-order valence-corrected chi connectivity index (χ4v) is 2.91. The van der Waals surface area contributed by atoms with Crippen LogP contribution >= 0.6 is 27.5 Å². The van der Waals surface area contributed by atoms with Crippen LogP contribution in [-0.4, -0.2) is 12.6 Å². The molecule has 5 heteroatoms. The quantitative estimate of drug-likeness (QED) is 0.668. The number of esters is 1. The van der Waals surface area contributed by atoms with Crippen LogP contribution in [0.5, 0.6) is 5.75 Å². The maximum absolute atomic E-state index is 11.7. The summed E-state index contributed by atoms with van der Waals surface area (Å²) in [6.07, 6.45) is 0. The molecule has 22 heavy (non-hydrogen) atoms. The molecule has 0 spiro atoms. The first-order chi connectivity index (χ1) is 10.5. The third kappa shape index (κ3) is 4.02. The minimum absolute atomic E-state index is 0.319. The van der Waals surface area contributed by atoms with Crippen molar-refractivity contribution < 1.29 is 14.3 Å². The fourth-order valence-electron chi connectivity index (χ4n) is 1.95. The van der Waals surface area contributed by atoms with E-state index in [1.54, 1.807) is 19.1 Å². The minimum Gasteiger partial charge on any atom is -0.486 e. The predicted molar refractivity (Wildman–Crippen MR) is 90.6 cm³/mol. The second-order valence-electron chi connectivity index (χ2n) is 4.70. The second-order valence-corrected chi connectivity index (χ2v) is 5.97. The van der Waals surface area contributed by atoms with Gasteiger partial charge >= 0.3 is 5.97 Å². The van der Waals surface area contributed by atoms with Crippen molar-refractivity contribution in [3.05, 3.63) is 62.6 Å². The lowest BCUT2D eigenvalue weighted by atomic mass is 10.1. The molecule has 2 aromatic carbocycles. The zero-order valence-electron chi connectivity index (χ0n) is 12.4. The van der Waals surface area contributed by atoms with Gasteiger partial charge in [0.1, 0.15) is 6.61 Å². The molecular weight excluding hydrogens is 368 g/mol. The molecule has 0 amide bonds. The maximum atomic E-state index is 11.7. The van der Waals surface area contributed by atoms with Gasteiger partial charge in [0.15, 0.2) is 5.75 Å². The average Bonchev–Trinajstić information content (AvgIpc) is 2.48. The molecule has 0 bridgehead atoms. The lowest BCUT2D eigenvalue weighted by Gasteiger charge is -2.13. The summed E-state index contributed by atoms with van der Waals surface area (Å²) in [6, 6.07) is 11.2. The van der Waals surface area contributed by atoms with E-state index in [-0.39, 0.29) is 0 Å². The van der Waals surface area contributed by atoms with Gasteiger partial charge in [-0.15, -0.1) is 0 Å². The third-order valence-electron chi connectivity index (χ3n) is 3.14. The van der Waals surface area contributed by atoms with Gasteiger partial charge in [0.25, 0.3) is 0 Å². The van der Waals surface area contributed by atoms with Crippen molar-refractivity contribution >= 4 is 33.5 Å². The number of halogens is 2. The van der Waals surface area contributed by atoms with E-state index in [0.717, 1.165) is 11.1 Å². The van der Waals surface area contributed by atoms with Gasteiger partial charge in [-0.05, 0) is 53.0 Å². The molecule has 0 aliphatic rings. The van der Waals surface area contributed by atoms with Gasteiger partial charge < -0.3 is 9.47 Å². The van der Waals surface area contributed by atoms with Crippen LogP contribution in [0.1, 0.15) is 28.4 Å². The van der Waals surface area contributed by atoms with E-state index in [1.807, 2.05) is 31.2 Å². The van der Waals surface area contributed by atoms with Crippen LogP contribution in [0.25, 0.3) is 0 Å². The summed E-state index contributed by atoms with van der Waals surface area (Å²) < 4.78 is 11.4. The Balaban J connectivity index is 2.18. The largest absolute Gasteiger partial charge is 0.486 e. The van der Waals surface area contributed by atoms with Crippen molar-refractivity contribution in [3.63, 3.8) is 0 Å². The standard InChI is InChI=1S/C17H16BrClO3/c1-3-21-17(20)13-8-14(18)16(15(19)9-13)22-10-12-7-5-4-6-11(12)2/h4-9H,3,10H2,1-2H3. The second kappa shape index (κ2) is 7.65. The van der Waals surface area contributed by atoms with Gasteiger partial charge in [-0.3, -0.25) is 0 Å². The Labute approximate surface area is 143 Å². The molecule has 0 saturated carbocycles. The van der Waals surface area contributed by atoms with E-state index in [9.17, 15) is 4.79 Å². The van der Waals surface area contributed by atoms with Crippen LogP contribution in [0.3, 0.4) is 0 Å². The molecule has 0 aliphatic carbocycles. The van der Waals surface area contributed by atoms with Crippen molar-refractivity contribution in [2.45, 2.75) is 20.5 Å². The van der Waals surface area contributed by atoms with Gasteiger partial charge in [0.05, 0.1) is 21.7 Å². The summed E-state index contributed by atoms with van der Waals surface area (Å²) in [6.45, 7) is 4.51. The van der Waals surface area contributed by atoms with E-state index in [2.05, 4.69) is 15.9 Å². The van der Waals surface area contributed by atoms with Crippen LogP contribution in [0.2, 0.25) is 5.02 Å². The summed E-state index contributed by atoms with van der Waals surface area (Å²) in [5.74, 6) is 0.105. The molecule has 0 heterocycles. The molecule has 0 atom stereocenters. The van der Waals surface area contributed by atoms with Gasteiger partial charge in [-0.2, -0.15) is 0 Å². The van der Waals surface area contributed by atoms with Crippen LogP contribution in [0.15, 0.2) is 40.9 Å². The number of rotatable bonds is 5. The van der Waals surface area contributed by atoms with Crippen molar-refractivity contribution in [2.24, 2.45) is 0 Å². The van der Waals surface area contributed by atoms with Crippen LogP contribution in [0, 0.1) is 6.92 Å². The topological polar surface area (TPSA) is 35.5 Å². The van der Waals surface area contributed by atoms with Gasteiger partial charge in [0, 0.05) is 0 Å². The molecule has 0 radical (unpaired) electrons. The molecule has 0 saturated heterocycles. The van der Waals surface area contributed by atoms with E-state index < -0.39 is 5.97 Å². The number of ether oxygens (including phenoxy) is 2. The van der Waals surface area contributed by atoms with Crippen molar-refractivity contribution in [3.8, 4) is 5.75 Å². The number of hydrogen-bond donors (Lipinski definition) is 0. The lowest BCUT2D eigenvalue weighted by molar-refractivity contribution is 0.0526. The van der Waals surface area contributed by atoms with E-state index >= 15 is 0 Å². The summed E-state index contributed by atoms with van der Waals surface area (Å²) >= 11 is 9.61. The van der Waals surface area contributed by atoms with Crippen LogP contribution in [0.4, 0.5) is 0 Å². The van der Waals surface area contributed by atoms with E-state index in [4.69, 9.17) is 21.1 Å². The summed E-state index contributed by atoms with van der Waals surface area (Å²) in [7, 11) is 0. The Morgan fingerprint density at radius 3 is 2.64 bits per heavy atom. The fraction of sp³-hybridized carbons (Fsp3) is 0.235. The van der Waals surface area contributed by atoms with Crippen molar-refractivity contribution in [2.75, 3.05) is 6.61 Å². The molecule has 0 aromatic heterocycles. The zero-order valence-corrected chi connectivity index (χ0v) is 14.7. The third-order valence-corrected chi connectivity index (χ3v) is 4.01. The highest BCUT2D eigenvalue weighted by molar-refractivity contribution is 9.10. The molecular formula is C17H16BrClO3. The molecule has 0 unspecified atom stereocenters. The monoisotopic (exact) mass is 382 g/mol. The number of hydrogen-bond acceptors (Lipinski definition) is 3. The normalized spacial score (nSPS) is 10.4. The molecule has 3 nitrogen and oxygen atoms in total. The Bertz CT molecular complexity index is 662. The number of carbonyl (C=O) groups excluding carboxylic acids is 1. The van der Waals surface area contributed by atoms with Crippen molar-refractivity contribution in [1.29, 1.82) is 0 Å². The molecule has 2 aromatic rings. The highest BCUT2D eigenvalue weighted by atomic mass is 79.9. The SMILES string of the molecule is CCOC(=O)c1cc(Cl)c(OCc2ccccc2C)c(Br)c1. The first-order valence-corrected chi connectivity index (χ1v) is 8.03. The van der Waals surface area contributed by atoms with Gasteiger partial charge in [-0.25, -0.2) is 4.79 Å².